The van der Waals surface area contributed by atoms with Crippen LogP contribution in [0.5, 0.6) is 0 Å². The van der Waals surface area contributed by atoms with Crippen LogP contribution >= 0.6 is 0 Å². The Morgan fingerprint density at radius 2 is 1.65 bits per heavy atom. The number of rotatable bonds is 5. The van der Waals surface area contributed by atoms with Crippen molar-refractivity contribution in [1.29, 1.82) is 0 Å². The summed E-state index contributed by atoms with van der Waals surface area (Å²) in [5, 5.41) is 3.20. The third-order valence-corrected chi connectivity index (χ3v) is 5.92. The summed E-state index contributed by atoms with van der Waals surface area (Å²) in [5.41, 5.74) is 3.29. The molecule has 2 fully saturated rings. The lowest BCUT2D eigenvalue weighted by atomic mass is 9.92. The lowest BCUT2D eigenvalue weighted by molar-refractivity contribution is -0.129. The minimum Gasteiger partial charge on any atom is -0.339 e. The van der Waals surface area contributed by atoms with Crippen LogP contribution in [0.15, 0.2) is 18.2 Å². The van der Waals surface area contributed by atoms with Gasteiger partial charge in [-0.1, -0.05) is 58.7 Å². The van der Waals surface area contributed by atoms with Gasteiger partial charge in [0.2, 0.25) is 11.8 Å². The summed E-state index contributed by atoms with van der Waals surface area (Å²) < 4.78 is 0. The van der Waals surface area contributed by atoms with Gasteiger partial charge in [0.25, 0.3) is 0 Å². The maximum atomic E-state index is 13.0. The third-order valence-electron chi connectivity index (χ3n) is 5.92. The summed E-state index contributed by atoms with van der Waals surface area (Å²) in [6.07, 6.45) is 4.93. The van der Waals surface area contributed by atoms with Gasteiger partial charge in [0.15, 0.2) is 0 Å². The van der Waals surface area contributed by atoms with Crippen molar-refractivity contribution in [3.8, 4) is 0 Å². The smallest absolute Gasteiger partial charge is 0.229 e. The van der Waals surface area contributed by atoms with E-state index in [2.05, 4.69) is 51.2 Å². The number of para-hydroxylation sites is 1. The summed E-state index contributed by atoms with van der Waals surface area (Å²) >= 11 is 0. The van der Waals surface area contributed by atoms with E-state index in [0.29, 0.717) is 30.8 Å². The van der Waals surface area contributed by atoms with Crippen LogP contribution in [-0.4, -0.2) is 29.3 Å². The topological polar surface area (TPSA) is 49.4 Å². The standard InChI is InChI=1S/C22H32N2O2/c1-14(2)18-10-7-11-19(15(3)4)21(18)23-22(26)16-12-20(25)24(13-16)17-8-5-6-9-17/h7,10-11,14-17H,5-6,8-9,12-13H2,1-4H3,(H,23,26)/t16-/m0/s1. The van der Waals surface area contributed by atoms with E-state index in [4.69, 9.17) is 0 Å². The molecule has 0 radical (unpaired) electrons. The highest BCUT2D eigenvalue weighted by molar-refractivity contribution is 5.98. The number of amides is 2. The number of hydrogen-bond donors (Lipinski definition) is 1. The first-order valence-electron chi connectivity index (χ1n) is 10.1. The molecular formula is C22H32N2O2. The number of nitrogens with one attached hydrogen (secondary N) is 1. The van der Waals surface area contributed by atoms with Crippen molar-refractivity contribution in [2.45, 2.75) is 77.7 Å². The second-order valence-electron chi connectivity index (χ2n) is 8.50. The molecule has 1 aromatic carbocycles. The van der Waals surface area contributed by atoms with Crippen molar-refractivity contribution in [2.75, 3.05) is 11.9 Å². The molecule has 142 valence electrons. The first-order valence-corrected chi connectivity index (χ1v) is 10.1. The minimum atomic E-state index is -0.233. The van der Waals surface area contributed by atoms with Crippen LogP contribution in [0.25, 0.3) is 0 Å². The molecule has 0 unspecified atom stereocenters. The largest absolute Gasteiger partial charge is 0.339 e. The van der Waals surface area contributed by atoms with Crippen LogP contribution in [-0.2, 0) is 9.59 Å². The molecule has 1 N–H and O–H groups in total. The zero-order valence-electron chi connectivity index (χ0n) is 16.5. The van der Waals surface area contributed by atoms with Crippen molar-refractivity contribution >= 4 is 17.5 Å². The fraction of sp³-hybridized carbons (Fsp3) is 0.636. The molecule has 1 heterocycles. The molecule has 1 atom stereocenters. The van der Waals surface area contributed by atoms with Crippen LogP contribution in [0.3, 0.4) is 0 Å². The predicted octanol–water partition coefficient (Wildman–Crippen LogP) is 4.66. The first kappa shape index (κ1) is 18.9. The van der Waals surface area contributed by atoms with Gasteiger partial charge in [0.05, 0.1) is 5.92 Å². The van der Waals surface area contributed by atoms with E-state index >= 15 is 0 Å². The Morgan fingerprint density at radius 3 is 2.19 bits per heavy atom. The van der Waals surface area contributed by atoms with E-state index in [1.54, 1.807) is 0 Å². The second kappa shape index (κ2) is 7.81. The SMILES string of the molecule is CC(C)c1cccc(C(C)C)c1NC(=O)[C@H]1CC(=O)N(C2CCCC2)C1. The van der Waals surface area contributed by atoms with Gasteiger partial charge in [-0.05, 0) is 35.8 Å². The molecule has 1 saturated carbocycles. The zero-order valence-corrected chi connectivity index (χ0v) is 16.5. The van der Waals surface area contributed by atoms with E-state index in [0.717, 1.165) is 18.5 Å². The maximum absolute atomic E-state index is 13.0. The van der Waals surface area contributed by atoms with Crippen molar-refractivity contribution in [2.24, 2.45) is 5.92 Å². The van der Waals surface area contributed by atoms with E-state index < -0.39 is 0 Å². The van der Waals surface area contributed by atoms with Gasteiger partial charge in [0, 0.05) is 24.7 Å². The molecule has 4 nitrogen and oxygen atoms in total. The molecule has 1 aliphatic heterocycles. The Bertz CT molecular complexity index is 648. The van der Waals surface area contributed by atoms with Crippen molar-refractivity contribution in [3.05, 3.63) is 29.3 Å². The predicted molar refractivity (Wildman–Crippen MR) is 105 cm³/mol. The summed E-state index contributed by atoms with van der Waals surface area (Å²) in [4.78, 5) is 27.4. The molecule has 2 amide bonds. The van der Waals surface area contributed by atoms with Gasteiger partial charge in [0.1, 0.15) is 0 Å². The Hall–Kier alpha value is -1.84. The monoisotopic (exact) mass is 356 g/mol. The van der Waals surface area contributed by atoms with Crippen LogP contribution in [0.4, 0.5) is 5.69 Å². The summed E-state index contributed by atoms with van der Waals surface area (Å²) in [6.45, 7) is 9.17. The Labute approximate surface area is 157 Å². The van der Waals surface area contributed by atoms with Crippen LogP contribution in [0, 0.1) is 5.92 Å². The molecular weight excluding hydrogens is 324 g/mol. The highest BCUT2D eigenvalue weighted by atomic mass is 16.2. The molecule has 1 saturated heterocycles. The lowest BCUT2D eigenvalue weighted by Gasteiger charge is -2.24. The third kappa shape index (κ3) is 3.79. The van der Waals surface area contributed by atoms with E-state index in [1.807, 2.05) is 4.90 Å². The fourth-order valence-electron chi connectivity index (χ4n) is 4.40. The summed E-state index contributed by atoms with van der Waals surface area (Å²) in [5.74, 6) is 0.587. The number of benzene rings is 1. The highest BCUT2D eigenvalue weighted by Gasteiger charge is 2.38. The van der Waals surface area contributed by atoms with Gasteiger partial charge < -0.3 is 10.2 Å². The molecule has 0 aromatic heterocycles. The summed E-state index contributed by atoms with van der Waals surface area (Å²) in [6, 6.07) is 6.61. The number of nitrogens with zero attached hydrogens (tertiary/aromatic N) is 1. The number of carbonyl (C=O) groups is 2. The normalized spacial score (nSPS) is 21.2. The molecule has 2 aliphatic rings. The molecule has 4 heteroatoms. The zero-order chi connectivity index (χ0) is 18.8. The second-order valence-corrected chi connectivity index (χ2v) is 8.50. The lowest BCUT2D eigenvalue weighted by Crippen LogP contribution is -2.35. The Morgan fingerprint density at radius 1 is 1.08 bits per heavy atom. The van der Waals surface area contributed by atoms with Gasteiger partial charge in [-0.15, -0.1) is 0 Å². The number of hydrogen-bond acceptors (Lipinski definition) is 2. The maximum Gasteiger partial charge on any atom is 0.229 e. The fourth-order valence-corrected chi connectivity index (χ4v) is 4.40. The Kier molecular flexibility index (Phi) is 5.69. The van der Waals surface area contributed by atoms with Crippen molar-refractivity contribution in [3.63, 3.8) is 0 Å². The number of carbonyl (C=O) groups excluding carboxylic acids is 2. The molecule has 26 heavy (non-hydrogen) atoms. The molecule has 0 spiro atoms. The van der Waals surface area contributed by atoms with Crippen LogP contribution in [0.2, 0.25) is 0 Å². The van der Waals surface area contributed by atoms with Gasteiger partial charge >= 0.3 is 0 Å². The quantitative estimate of drug-likeness (QED) is 0.834. The average molecular weight is 357 g/mol. The summed E-state index contributed by atoms with van der Waals surface area (Å²) in [7, 11) is 0. The first-order chi connectivity index (χ1) is 12.4. The van der Waals surface area contributed by atoms with Gasteiger partial charge in [-0.3, -0.25) is 9.59 Å². The molecule has 1 aliphatic carbocycles. The van der Waals surface area contributed by atoms with E-state index in [1.165, 1.54) is 24.0 Å². The van der Waals surface area contributed by atoms with Crippen LogP contribution < -0.4 is 5.32 Å². The van der Waals surface area contributed by atoms with Gasteiger partial charge in [-0.25, -0.2) is 0 Å². The minimum absolute atomic E-state index is 0.00570. The van der Waals surface area contributed by atoms with Gasteiger partial charge in [-0.2, -0.15) is 0 Å². The van der Waals surface area contributed by atoms with Crippen molar-refractivity contribution in [1.82, 2.24) is 4.90 Å². The molecule has 3 rings (SSSR count). The number of anilines is 1. The molecule has 0 bridgehead atoms. The Balaban J connectivity index is 1.77. The highest BCUT2D eigenvalue weighted by Crippen LogP contribution is 2.34. The van der Waals surface area contributed by atoms with Crippen molar-refractivity contribution < 1.29 is 9.59 Å². The average Bonchev–Trinajstić information content (AvgIpc) is 3.23. The van der Waals surface area contributed by atoms with E-state index in [-0.39, 0.29) is 17.7 Å². The van der Waals surface area contributed by atoms with Crippen LogP contribution in [0.1, 0.15) is 82.8 Å². The van der Waals surface area contributed by atoms with E-state index in [9.17, 15) is 9.59 Å². The number of likely N-dealkylation sites (tertiary alicyclic amines) is 1. The molecule has 1 aromatic rings.